The molecule has 2 rings (SSSR count). The summed E-state index contributed by atoms with van der Waals surface area (Å²) in [5.41, 5.74) is 8.45. The van der Waals surface area contributed by atoms with E-state index in [1.54, 1.807) is 32.4 Å². The molecule has 5 nitrogen and oxygen atoms in total. The largest absolute Gasteiger partial charge is 0.507 e. The molecule has 0 saturated carbocycles. The molecule has 0 atom stereocenters. The minimum absolute atomic E-state index is 0. The Labute approximate surface area is 136 Å². The average molecular weight is 322 g/mol. The topological polar surface area (TPSA) is 79.5 Å². The molecule has 0 aliphatic rings. The number of carbonyl (C=O) groups excluding carboxylic acids is 1. The highest BCUT2D eigenvalue weighted by atomic mass is 35.5. The van der Waals surface area contributed by atoms with Crippen LogP contribution < -0.4 is 5.73 Å². The highest BCUT2D eigenvalue weighted by Crippen LogP contribution is 2.30. The zero-order valence-electron chi connectivity index (χ0n) is 12.6. The van der Waals surface area contributed by atoms with Crippen molar-refractivity contribution >= 4 is 18.3 Å². The van der Waals surface area contributed by atoms with E-state index in [0.29, 0.717) is 23.2 Å². The van der Waals surface area contributed by atoms with Gasteiger partial charge in [-0.1, -0.05) is 6.07 Å². The van der Waals surface area contributed by atoms with Gasteiger partial charge in [-0.15, -0.1) is 12.4 Å². The highest BCUT2D eigenvalue weighted by Gasteiger charge is 2.12. The van der Waals surface area contributed by atoms with Crippen LogP contribution in [0.5, 0.6) is 5.75 Å². The molecule has 0 aliphatic heterocycles. The van der Waals surface area contributed by atoms with E-state index in [1.807, 2.05) is 12.1 Å². The second kappa shape index (κ2) is 7.77. The third kappa shape index (κ3) is 3.96. The van der Waals surface area contributed by atoms with Gasteiger partial charge in [0, 0.05) is 37.6 Å². The maximum absolute atomic E-state index is 12.0. The lowest BCUT2D eigenvalue weighted by molar-refractivity contribution is 0.0827. The number of aromatic hydroxyl groups is 1. The molecule has 0 fully saturated rings. The summed E-state index contributed by atoms with van der Waals surface area (Å²) < 4.78 is 0. The van der Waals surface area contributed by atoms with E-state index in [4.69, 9.17) is 5.73 Å². The minimum Gasteiger partial charge on any atom is -0.507 e. The van der Waals surface area contributed by atoms with Gasteiger partial charge < -0.3 is 15.7 Å². The van der Waals surface area contributed by atoms with Gasteiger partial charge in [-0.25, -0.2) is 0 Å². The van der Waals surface area contributed by atoms with Gasteiger partial charge >= 0.3 is 0 Å². The number of hydrogen-bond donors (Lipinski definition) is 2. The average Bonchev–Trinajstić information content (AvgIpc) is 2.48. The maximum Gasteiger partial charge on any atom is 0.254 e. The van der Waals surface area contributed by atoms with E-state index in [1.165, 1.54) is 11.1 Å². The van der Waals surface area contributed by atoms with Crippen molar-refractivity contribution in [2.45, 2.75) is 6.42 Å². The lowest BCUT2D eigenvalue weighted by Crippen LogP contribution is -2.21. The molecule has 0 aliphatic carbocycles. The SMILES string of the molecule is CN(C)C(=O)c1cncc(-c2cc(CCN)ccc2O)c1.Cl. The van der Waals surface area contributed by atoms with Gasteiger partial charge in [0.05, 0.1) is 5.56 Å². The number of phenolic OH excluding ortho intramolecular Hbond substituents is 1. The van der Waals surface area contributed by atoms with Crippen molar-refractivity contribution in [2.75, 3.05) is 20.6 Å². The molecule has 1 heterocycles. The molecule has 0 radical (unpaired) electrons. The molecule has 1 aromatic heterocycles. The van der Waals surface area contributed by atoms with Crippen molar-refractivity contribution in [1.29, 1.82) is 0 Å². The molecule has 1 amide bonds. The summed E-state index contributed by atoms with van der Waals surface area (Å²) in [6, 6.07) is 7.09. The number of halogens is 1. The van der Waals surface area contributed by atoms with Crippen LogP contribution in [-0.2, 0) is 6.42 Å². The second-order valence-corrected chi connectivity index (χ2v) is 5.05. The number of aromatic nitrogens is 1. The molecule has 22 heavy (non-hydrogen) atoms. The first-order chi connectivity index (χ1) is 10.0. The van der Waals surface area contributed by atoms with Crippen LogP contribution in [0.15, 0.2) is 36.7 Å². The molecule has 6 heteroatoms. The number of rotatable bonds is 4. The van der Waals surface area contributed by atoms with E-state index in [-0.39, 0.29) is 24.1 Å². The van der Waals surface area contributed by atoms with Crippen LogP contribution >= 0.6 is 12.4 Å². The zero-order valence-corrected chi connectivity index (χ0v) is 13.4. The molecular formula is C16H20ClN3O2. The third-order valence-corrected chi connectivity index (χ3v) is 3.20. The third-order valence-electron chi connectivity index (χ3n) is 3.20. The van der Waals surface area contributed by atoms with E-state index in [9.17, 15) is 9.90 Å². The van der Waals surface area contributed by atoms with Crippen molar-refractivity contribution in [3.63, 3.8) is 0 Å². The van der Waals surface area contributed by atoms with Crippen molar-refractivity contribution < 1.29 is 9.90 Å². The summed E-state index contributed by atoms with van der Waals surface area (Å²) in [6.45, 7) is 0.543. The van der Waals surface area contributed by atoms with Gasteiger partial charge in [-0.3, -0.25) is 9.78 Å². The number of phenols is 1. The van der Waals surface area contributed by atoms with Crippen molar-refractivity contribution in [3.05, 3.63) is 47.8 Å². The quantitative estimate of drug-likeness (QED) is 0.903. The number of amides is 1. The van der Waals surface area contributed by atoms with E-state index in [2.05, 4.69) is 4.98 Å². The normalized spacial score (nSPS) is 9.95. The molecule has 118 valence electrons. The van der Waals surface area contributed by atoms with Gasteiger partial charge in [0.15, 0.2) is 0 Å². The first kappa shape index (κ1) is 17.9. The first-order valence-corrected chi connectivity index (χ1v) is 6.72. The van der Waals surface area contributed by atoms with Crippen LogP contribution in [0.1, 0.15) is 15.9 Å². The molecule has 0 unspecified atom stereocenters. The number of benzene rings is 1. The Morgan fingerprint density at radius 3 is 2.64 bits per heavy atom. The summed E-state index contributed by atoms with van der Waals surface area (Å²) in [5, 5.41) is 10.0. The Balaban J connectivity index is 0.00000242. The summed E-state index contributed by atoms with van der Waals surface area (Å²) in [4.78, 5) is 17.6. The summed E-state index contributed by atoms with van der Waals surface area (Å²) in [6.07, 6.45) is 3.89. The Kier molecular flexibility index (Phi) is 6.34. The number of hydrogen-bond acceptors (Lipinski definition) is 4. The van der Waals surface area contributed by atoms with Crippen molar-refractivity contribution in [2.24, 2.45) is 5.73 Å². The van der Waals surface area contributed by atoms with Crippen LogP contribution in [-0.4, -0.2) is 41.5 Å². The molecule has 3 N–H and O–H groups in total. The lowest BCUT2D eigenvalue weighted by atomic mass is 10.0. The van der Waals surface area contributed by atoms with Crippen LogP contribution in [0.3, 0.4) is 0 Å². The number of nitrogens with zero attached hydrogens (tertiary/aromatic N) is 2. The Morgan fingerprint density at radius 2 is 2.00 bits per heavy atom. The Bertz CT molecular complexity index is 660. The van der Waals surface area contributed by atoms with Gasteiger partial charge in [0.25, 0.3) is 5.91 Å². The minimum atomic E-state index is -0.123. The summed E-state index contributed by atoms with van der Waals surface area (Å²) in [5.74, 6) is 0.0361. The van der Waals surface area contributed by atoms with Crippen LogP contribution in [0.2, 0.25) is 0 Å². The van der Waals surface area contributed by atoms with E-state index < -0.39 is 0 Å². The predicted octanol–water partition coefficient (Wildman–Crippen LogP) is 2.08. The van der Waals surface area contributed by atoms with Crippen LogP contribution in [0.25, 0.3) is 11.1 Å². The van der Waals surface area contributed by atoms with Gasteiger partial charge in [0.2, 0.25) is 0 Å². The number of pyridine rings is 1. The number of nitrogens with two attached hydrogens (primary N) is 1. The van der Waals surface area contributed by atoms with E-state index in [0.717, 1.165) is 12.0 Å². The second-order valence-electron chi connectivity index (χ2n) is 5.05. The fourth-order valence-electron chi connectivity index (χ4n) is 2.10. The highest BCUT2D eigenvalue weighted by molar-refractivity contribution is 5.95. The molecule has 0 spiro atoms. The molecule has 1 aromatic carbocycles. The number of carbonyl (C=O) groups is 1. The fraction of sp³-hybridized carbons (Fsp3) is 0.250. The van der Waals surface area contributed by atoms with Gasteiger partial charge in [-0.2, -0.15) is 0 Å². The molecule has 0 bridgehead atoms. The lowest BCUT2D eigenvalue weighted by Gasteiger charge is -2.12. The van der Waals surface area contributed by atoms with Crippen molar-refractivity contribution in [1.82, 2.24) is 9.88 Å². The van der Waals surface area contributed by atoms with Crippen LogP contribution in [0, 0.1) is 0 Å². The van der Waals surface area contributed by atoms with Crippen molar-refractivity contribution in [3.8, 4) is 16.9 Å². The Morgan fingerprint density at radius 1 is 1.27 bits per heavy atom. The summed E-state index contributed by atoms with van der Waals surface area (Å²) >= 11 is 0. The van der Waals surface area contributed by atoms with Gasteiger partial charge in [-0.05, 0) is 36.7 Å². The van der Waals surface area contributed by atoms with E-state index >= 15 is 0 Å². The monoisotopic (exact) mass is 321 g/mol. The smallest absolute Gasteiger partial charge is 0.254 e. The predicted molar refractivity (Wildman–Crippen MR) is 89.4 cm³/mol. The van der Waals surface area contributed by atoms with Crippen LogP contribution in [0.4, 0.5) is 0 Å². The standard InChI is InChI=1S/C16H19N3O2.ClH/c1-19(2)16(21)13-8-12(9-18-10-13)14-7-11(5-6-17)3-4-15(14)20;/h3-4,7-10,20H,5-6,17H2,1-2H3;1H. The zero-order chi connectivity index (χ0) is 15.4. The van der Waals surface area contributed by atoms with Gasteiger partial charge in [0.1, 0.15) is 5.75 Å². The fourth-order valence-corrected chi connectivity index (χ4v) is 2.10. The first-order valence-electron chi connectivity index (χ1n) is 6.72. The maximum atomic E-state index is 12.0. The molecular weight excluding hydrogens is 302 g/mol. The summed E-state index contributed by atoms with van der Waals surface area (Å²) in [7, 11) is 3.38. The molecule has 2 aromatic rings. The molecule has 0 saturated heterocycles. The Hall–Kier alpha value is -2.11.